The summed E-state index contributed by atoms with van der Waals surface area (Å²) in [5.74, 6) is 0.484. The lowest BCUT2D eigenvalue weighted by Crippen LogP contribution is -2.21. The van der Waals surface area contributed by atoms with Crippen LogP contribution in [0, 0.1) is 0 Å². The van der Waals surface area contributed by atoms with E-state index in [-0.39, 0.29) is 5.56 Å². The van der Waals surface area contributed by atoms with Crippen LogP contribution in [0.5, 0.6) is 0 Å². The van der Waals surface area contributed by atoms with Crippen molar-refractivity contribution in [3.05, 3.63) is 70.8 Å². The van der Waals surface area contributed by atoms with E-state index < -0.39 is 0 Å². The smallest absolute Gasteiger partial charge is 0.265 e. The topological polar surface area (TPSA) is 74.8 Å². The van der Waals surface area contributed by atoms with Crippen molar-refractivity contribution in [2.24, 2.45) is 0 Å². The molecule has 1 unspecified atom stereocenters. The number of para-hydroxylation sites is 2. The number of rotatable bonds is 8. The van der Waals surface area contributed by atoms with Gasteiger partial charge in [-0.15, -0.1) is 0 Å². The van der Waals surface area contributed by atoms with Crippen molar-refractivity contribution >= 4 is 33.2 Å². The summed E-state index contributed by atoms with van der Waals surface area (Å²) in [6.07, 6.45) is 3.45. The van der Waals surface area contributed by atoms with Crippen LogP contribution in [-0.4, -0.2) is 37.3 Å². The summed E-state index contributed by atoms with van der Waals surface area (Å²) in [4.78, 5) is 28.1. The zero-order valence-corrected chi connectivity index (χ0v) is 19.9. The number of aromatic nitrogens is 5. The normalized spacial score (nSPS) is 12.7. The summed E-state index contributed by atoms with van der Waals surface area (Å²) < 4.78 is 9.04. The van der Waals surface area contributed by atoms with Crippen molar-refractivity contribution in [1.82, 2.24) is 24.1 Å². The lowest BCUT2D eigenvalue weighted by molar-refractivity contribution is 0.141. The molecule has 5 aromatic rings. The monoisotopic (exact) mass is 455 g/mol. The first kappa shape index (κ1) is 22.2. The molecular weight excluding hydrogens is 426 g/mol. The molecule has 174 valence electrons. The predicted octanol–water partition coefficient (Wildman–Crippen LogP) is 5.22. The molecule has 0 amide bonds. The minimum Gasteiger partial charge on any atom is -0.382 e. The van der Waals surface area contributed by atoms with Crippen LogP contribution in [0.25, 0.3) is 38.9 Å². The van der Waals surface area contributed by atoms with Crippen LogP contribution in [0.4, 0.5) is 0 Å². The van der Waals surface area contributed by atoms with Gasteiger partial charge >= 0.3 is 0 Å². The average Bonchev–Trinajstić information content (AvgIpc) is 3.19. The van der Waals surface area contributed by atoms with E-state index in [9.17, 15) is 4.79 Å². The van der Waals surface area contributed by atoms with Crippen molar-refractivity contribution < 1.29 is 4.74 Å². The highest BCUT2D eigenvalue weighted by atomic mass is 16.5. The van der Waals surface area contributed by atoms with Gasteiger partial charge in [-0.1, -0.05) is 38.1 Å². The van der Waals surface area contributed by atoms with Crippen LogP contribution in [0.15, 0.2) is 59.7 Å². The van der Waals surface area contributed by atoms with Crippen LogP contribution in [0.3, 0.4) is 0 Å². The Hall–Kier alpha value is -3.58. The molecule has 0 N–H and O–H groups in total. The number of ether oxygens (including phenoxy) is 1. The molecule has 0 saturated heterocycles. The molecule has 0 bridgehead atoms. The van der Waals surface area contributed by atoms with Crippen LogP contribution in [0.1, 0.15) is 45.1 Å². The summed E-state index contributed by atoms with van der Waals surface area (Å²) in [7, 11) is 0. The highest BCUT2D eigenvalue weighted by Gasteiger charge is 2.21. The number of hydrogen-bond acceptors (Lipinski definition) is 5. The van der Waals surface area contributed by atoms with E-state index in [0.29, 0.717) is 47.9 Å². The van der Waals surface area contributed by atoms with E-state index in [1.807, 2.05) is 35.8 Å². The largest absolute Gasteiger partial charge is 0.382 e. The van der Waals surface area contributed by atoms with Gasteiger partial charge in [-0.2, -0.15) is 0 Å². The Morgan fingerprint density at radius 3 is 2.41 bits per heavy atom. The predicted molar refractivity (Wildman–Crippen MR) is 136 cm³/mol. The number of hydrogen-bond donors (Lipinski definition) is 0. The van der Waals surface area contributed by atoms with Gasteiger partial charge in [-0.25, -0.2) is 15.0 Å². The molecule has 0 aliphatic carbocycles. The lowest BCUT2D eigenvalue weighted by Gasteiger charge is -2.11. The zero-order valence-electron chi connectivity index (χ0n) is 19.9. The quantitative estimate of drug-likeness (QED) is 0.300. The van der Waals surface area contributed by atoms with Gasteiger partial charge in [-0.05, 0) is 55.5 Å². The number of benzene rings is 2. The van der Waals surface area contributed by atoms with Crippen molar-refractivity contribution in [2.75, 3.05) is 13.2 Å². The van der Waals surface area contributed by atoms with Crippen LogP contribution < -0.4 is 5.56 Å². The van der Waals surface area contributed by atoms with Gasteiger partial charge in [0.05, 0.1) is 17.4 Å². The van der Waals surface area contributed by atoms with Gasteiger partial charge in [0.15, 0.2) is 11.3 Å². The van der Waals surface area contributed by atoms with Crippen LogP contribution in [-0.2, 0) is 11.3 Å². The summed E-state index contributed by atoms with van der Waals surface area (Å²) in [5.41, 5.74) is 5.43. The van der Waals surface area contributed by atoms with Gasteiger partial charge in [-0.3, -0.25) is 13.9 Å². The second kappa shape index (κ2) is 9.35. The van der Waals surface area contributed by atoms with Gasteiger partial charge in [0.2, 0.25) is 0 Å². The maximum Gasteiger partial charge on any atom is 0.265 e. The van der Waals surface area contributed by atoms with Crippen molar-refractivity contribution in [1.29, 1.82) is 0 Å². The Morgan fingerprint density at radius 2 is 1.71 bits per heavy atom. The molecular formula is C27H29N5O2. The Bertz CT molecular complexity index is 1520. The third kappa shape index (κ3) is 3.86. The van der Waals surface area contributed by atoms with Gasteiger partial charge in [0.1, 0.15) is 10.9 Å². The molecule has 34 heavy (non-hydrogen) atoms. The fourth-order valence-electron chi connectivity index (χ4n) is 4.34. The Morgan fingerprint density at radius 1 is 0.971 bits per heavy atom. The first-order valence-electron chi connectivity index (χ1n) is 12.0. The van der Waals surface area contributed by atoms with Crippen LogP contribution >= 0.6 is 0 Å². The second-order valence-corrected chi connectivity index (χ2v) is 8.61. The van der Waals surface area contributed by atoms with E-state index in [1.165, 1.54) is 5.56 Å². The molecule has 0 aliphatic heterocycles. The highest BCUT2D eigenvalue weighted by Crippen LogP contribution is 2.29. The molecule has 3 aromatic heterocycles. The SMILES string of the molecule is CCOCCCn1cnc2c(c1=O)c1nc3ccccc3nc1n2-c1ccc(C(C)CC)cc1. The van der Waals surface area contributed by atoms with Gasteiger partial charge in [0, 0.05) is 25.4 Å². The van der Waals surface area contributed by atoms with Crippen molar-refractivity contribution in [3.63, 3.8) is 0 Å². The fourth-order valence-corrected chi connectivity index (χ4v) is 4.34. The van der Waals surface area contributed by atoms with E-state index in [4.69, 9.17) is 19.7 Å². The molecule has 1 atom stereocenters. The highest BCUT2D eigenvalue weighted by molar-refractivity contribution is 6.05. The second-order valence-electron chi connectivity index (χ2n) is 8.61. The lowest BCUT2D eigenvalue weighted by atomic mass is 9.99. The molecule has 3 heterocycles. The molecule has 7 heteroatoms. The molecule has 0 spiro atoms. The maximum absolute atomic E-state index is 13.6. The van der Waals surface area contributed by atoms with E-state index in [2.05, 4.69) is 38.1 Å². The molecule has 5 rings (SSSR count). The average molecular weight is 456 g/mol. The molecule has 0 radical (unpaired) electrons. The fraction of sp³-hybridized carbons (Fsp3) is 0.333. The standard InChI is InChI=1S/C27H29N5O2/c1-4-18(3)19-11-13-20(14-12-19)32-25-23(27(33)31(17-28-25)15-8-16-34-5-2)24-26(32)30-22-10-7-6-9-21(22)29-24/h6-7,9-14,17-18H,4-5,8,15-16H2,1-3H3. The first-order chi connectivity index (χ1) is 16.6. The van der Waals surface area contributed by atoms with Crippen LogP contribution in [0.2, 0.25) is 0 Å². The summed E-state index contributed by atoms with van der Waals surface area (Å²) in [6.45, 7) is 8.19. The molecule has 0 fully saturated rings. The van der Waals surface area contributed by atoms with E-state index >= 15 is 0 Å². The first-order valence-corrected chi connectivity index (χ1v) is 12.0. The summed E-state index contributed by atoms with van der Waals surface area (Å²) in [6, 6.07) is 16.2. The molecule has 2 aromatic carbocycles. The van der Waals surface area contributed by atoms with Gasteiger partial charge in [0.25, 0.3) is 5.56 Å². The molecule has 0 saturated carbocycles. The summed E-state index contributed by atoms with van der Waals surface area (Å²) in [5, 5.41) is 0.498. The van der Waals surface area contributed by atoms with Crippen molar-refractivity contribution in [3.8, 4) is 5.69 Å². The van der Waals surface area contributed by atoms with E-state index in [0.717, 1.165) is 29.6 Å². The maximum atomic E-state index is 13.6. The number of aryl methyl sites for hydroxylation is 1. The Balaban J connectivity index is 1.74. The van der Waals surface area contributed by atoms with Gasteiger partial charge < -0.3 is 4.74 Å². The minimum absolute atomic E-state index is 0.106. The Kier molecular flexibility index (Phi) is 6.11. The number of nitrogens with zero attached hydrogens (tertiary/aromatic N) is 5. The van der Waals surface area contributed by atoms with E-state index in [1.54, 1.807) is 10.9 Å². The zero-order chi connectivity index (χ0) is 23.7. The third-order valence-electron chi connectivity index (χ3n) is 6.45. The third-order valence-corrected chi connectivity index (χ3v) is 6.45. The summed E-state index contributed by atoms with van der Waals surface area (Å²) >= 11 is 0. The minimum atomic E-state index is -0.106. The van der Waals surface area contributed by atoms with Crippen molar-refractivity contribution in [2.45, 2.75) is 46.1 Å². The molecule has 7 nitrogen and oxygen atoms in total. The Labute approximate surface area is 198 Å². The molecule has 0 aliphatic rings. The number of fused-ring (bicyclic) bond motifs is 4.